The van der Waals surface area contributed by atoms with E-state index in [4.69, 9.17) is 64.5 Å². The summed E-state index contributed by atoms with van der Waals surface area (Å²) in [6, 6.07) is 44.0. The van der Waals surface area contributed by atoms with Gasteiger partial charge in [-0.3, -0.25) is 28.8 Å². The Morgan fingerprint density at radius 1 is 0.491 bits per heavy atom. The van der Waals surface area contributed by atoms with Crippen molar-refractivity contribution in [2.24, 2.45) is 16.2 Å². The third-order valence-electron chi connectivity index (χ3n) is 20.2. The van der Waals surface area contributed by atoms with Crippen molar-refractivity contribution in [3.05, 3.63) is 243 Å². The molecule has 0 spiro atoms. The van der Waals surface area contributed by atoms with Gasteiger partial charge in [0.1, 0.15) is 37.0 Å². The number of Topliss-reactive ketones (excluding diaryl/α,β-unsaturated/α-hetero) is 3. The Bertz CT molecular complexity index is 4450. The van der Waals surface area contributed by atoms with Crippen molar-refractivity contribution in [3.63, 3.8) is 0 Å². The molecule has 6 fully saturated rings. The summed E-state index contributed by atoms with van der Waals surface area (Å²) in [4.78, 5) is 95.8. The van der Waals surface area contributed by atoms with Gasteiger partial charge in [0.15, 0.2) is 17.3 Å². The van der Waals surface area contributed by atoms with E-state index in [0.717, 1.165) is 47.9 Å². The number of piperidine rings is 3. The minimum Gasteiger partial charge on any atom is -1.00 e. The number of thiophene rings is 3. The molecule has 3 saturated heterocycles. The van der Waals surface area contributed by atoms with Gasteiger partial charge in [-0.15, -0.1) is 41.9 Å². The zero-order valence-electron chi connectivity index (χ0n) is 62.7. The monoisotopic (exact) mass is 1730 g/mol. The van der Waals surface area contributed by atoms with Gasteiger partial charge in [-0.05, 0) is 231 Å². The van der Waals surface area contributed by atoms with Crippen LogP contribution < -0.4 is 55.0 Å². The molecule has 3 amide bonds. The van der Waals surface area contributed by atoms with Crippen LogP contribution in [0, 0.1) is 16.2 Å². The normalized spacial score (nSPS) is 22.1. The van der Waals surface area contributed by atoms with Crippen molar-refractivity contribution < 1.29 is 79.4 Å². The molecule has 6 unspecified atom stereocenters. The number of aliphatic hydroxyl groups is 2. The Balaban J connectivity index is 0.000000176. The summed E-state index contributed by atoms with van der Waals surface area (Å²) in [7, 11) is 0. The molecule has 9 heterocycles. The van der Waals surface area contributed by atoms with Gasteiger partial charge in [-0.1, -0.05) is 116 Å². The molecule has 15 rings (SSSR count). The molecule has 3 aromatic carbocycles. The fourth-order valence-corrected chi connectivity index (χ4v) is 18.8. The number of ether oxygens (including phenoxy) is 2. The summed E-state index contributed by atoms with van der Waals surface area (Å²) < 4.78 is 12.6. The maximum Gasteiger partial charge on any atom is 1.00 e. The quantitative estimate of drug-likeness (QED) is 0.0164. The van der Waals surface area contributed by atoms with Crippen molar-refractivity contribution in [2.45, 2.75) is 158 Å². The van der Waals surface area contributed by atoms with Crippen molar-refractivity contribution in [3.8, 4) is 11.8 Å². The number of hydrogen-bond donors (Lipinski definition) is 5. The van der Waals surface area contributed by atoms with Crippen LogP contribution in [-0.4, -0.2) is 102 Å². The number of carbonyl (C=O) groups excluding carboxylic acids is 6. The van der Waals surface area contributed by atoms with Crippen molar-refractivity contribution in [1.82, 2.24) is 30.9 Å². The maximum absolute atomic E-state index is 13.4. The molecule has 9 aromatic rings. The van der Waals surface area contributed by atoms with Crippen LogP contribution in [-0.2, 0) is 45.4 Å². The number of thioether (sulfide) groups is 3. The molecule has 3 aliphatic carbocycles. The molecule has 574 valence electrons. The Labute approximate surface area is 714 Å². The van der Waals surface area contributed by atoms with E-state index in [1.165, 1.54) is 108 Å². The van der Waals surface area contributed by atoms with Crippen LogP contribution in [0.2, 0.25) is 15.1 Å². The number of aliphatic hydroxyl groups excluding tert-OH is 2. The second kappa shape index (κ2) is 39.1. The molecular formula is C83H87BrCl3N6NaO10S6. The number of nitrogens with one attached hydrogen (secondary N) is 3. The van der Waals surface area contributed by atoms with Crippen LogP contribution in [0.3, 0.4) is 0 Å². The molecule has 16 nitrogen and oxygen atoms in total. The number of benzene rings is 3. The van der Waals surface area contributed by atoms with Crippen LogP contribution in [0.15, 0.2) is 209 Å². The van der Waals surface area contributed by atoms with E-state index in [0.29, 0.717) is 99.3 Å². The summed E-state index contributed by atoms with van der Waals surface area (Å²) in [6.45, 7) is 14.0. The van der Waals surface area contributed by atoms with E-state index in [2.05, 4.69) is 64.2 Å². The average Bonchev–Trinajstić information content (AvgIpc) is 1.74. The molecule has 110 heavy (non-hydrogen) atoms. The molecule has 6 atom stereocenters. The number of hydrogen-bond acceptors (Lipinski definition) is 19. The van der Waals surface area contributed by atoms with Gasteiger partial charge in [-0.2, -0.15) is 34.0 Å². The first-order valence-corrected chi connectivity index (χ1v) is 43.3. The van der Waals surface area contributed by atoms with Gasteiger partial charge in [0.2, 0.25) is 29.5 Å². The predicted octanol–water partition coefficient (Wildman–Crippen LogP) is 16.0. The molecule has 6 aliphatic rings. The Morgan fingerprint density at radius 2 is 0.818 bits per heavy atom. The maximum atomic E-state index is 13.4. The second-order valence-corrected chi connectivity index (χ2v) is 36.8. The first kappa shape index (κ1) is 86.7. The molecule has 0 bridgehead atoms. The van der Waals surface area contributed by atoms with E-state index in [1.54, 1.807) is 18.2 Å². The summed E-state index contributed by atoms with van der Waals surface area (Å²) in [6.07, 6.45) is 11.7. The second-order valence-electron chi connectivity index (χ2n) is 29.0. The standard InChI is InChI=1S/2C26H25ClN2O3S2.C20H14BrClN2O2S2.C6H12O.C5H10O.Na.H/c2*1-25(10-11-25)12-13-32-22-8-4-7-21(28-22)26(17-9-14-33-16-17)15-19(30)23(24(31)29-26)34-20-6-3-2-5-18(20)27;21-17-7-3-6-16(23-17)20(12-8-9-27-11-12)10-14(25)18(19(26)24-20)28-15-5-2-1-4-13(15)22;1-6(2-3-6)4-5-7;1-5(2)3-4-6;;/h2*2-9,14,16,23H,10-13,15H2,1H3,(H,29,31);1-9,11,18H,10H2,(H,24,26);7H,2-5H2,1H3;6H,1,3-4H2,2H3;;/q;;;;;+1;-1. The predicted molar refractivity (Wildman–Crippen MR) is 444 cm³/mol. The van der Waals surface area contributed by atoms with E-state index in [1.807, 2.05) is 167 Å². The van der Waals surface area contributed by atoms with E-state index < -0.39 is 32.4 Å². The van der Waals surface area contributed by atoms with Crippen LogP contribution in [0.25, 0.3) is 0 Å². The van der Waals surface area contributed by atoms with Crippen molar-refractivity contribution >= 4 is 155 Å². The van der Waals surface area contributed by atoms with Gasteiger partial charge in [0.25, 0.3) is 0 Å². The summed E-state index contributed by atoms with van der Waals surface area (Å²) in [5, 5.41) is 36.7. The Morgan fingerprint density at radius 3 is 1.08 bits per heavy atom. The first-order chi connectivity index (χ1) is 52.3. The summed E-state index contributed by atoms with van der Waals surface area (Å²) in [5.41, 5.74) is 3.71. The molecule has 6 aromatic heterocycles. The van der Waals surface area contributed by atoms with E-state index >= 15 is 0 Å². The van der Waals surface area contributed by atoms with Crippen molar-refractivity contribution in [2.75, 3.05) is 26.4 Å². The van der Waals surface area contributed by atoms with Gasteiger partial charge >= 0.3 is 29.6 Å². The number of aromatic nitrogens is 3. The van der Waals surface area contributed by atoms with Gasteiger partial charge in [0.05, 0.1) is 45.4 Å². The molecule has 3 saturated carbocycles. The van der Waals surface area contributed by atoms with Crippen LogP contribution in [0.5, 0.6) is 11.8 Å². The van der Waals surface area contributed by atoms with Gasteiger partial charge in [-0.25, -0.2) is 15.0 Å². The summed E-state index contributed by atoms with van der Waals surface area (Å²) in [5.74, 6) is -0.486. The molecule has 0 radical (unpaired) electrons. The smallest absolute Gasteiger partial charge is 1.00 e. The number of halogens is 4. The number of rotatable bonds is 24. The third-order valence-corrected chi connectivity index (χ3v) is 27.9. The number of pyridine rings is 3. The Hall–Kier alpha value is -5.71. The van der Waals surface area contributed by atoms with E-state index in [9.17, 15) is 28.8 Å². The van der Waals surface area contributed by atoms with Crippen LogP contribution in [0.4, 0.5) is 0 Å². The summed E-state index contributed by atoms with van der Waals surface area (Å²) >= 11 is 30.3. The fourth-order valence-electron chi connectivity index (χ4n) is 12.5. The zero-order chi connectivity index (χ0) is 77.6. The fraction of sp³-hybridized carbons (Fsp3) is 0.361. The number of nitrogens with zero attached hydrogens (tertiary/aromatic N) is 3. The zero-order valence-corrected chi connectivity index (χ0v) is 72.5. The SMILES string of the molecule is C=C(C)CCO.CC1(CCO)CC1.CC1(CCOc2cccc(C3(c4ccsc4)CC(=O)C(Sc4ccccc4Cl)C(=O)N3)n2)CC1.CC1(CCOc2cccc(C3(c4ccsc4)CC(=O)C(Sc4ccccc4Cl)C(=O)N3)n2)CC1.O=C1CC(c2ccsc2)(c2cccc(Br)n2)NC(=O)C1Sc1ccccc1Cl.[H-].[Na+]. The van der Waals surface area contributed by atoms with Crippen LogP contribution in [0.1, 0.15) is 146 Å². The van der Waals surface area contributed by atoms with Crippen molar-refractivity contribution in [1.29, 1.82) is 0 Å². The number of ketones is 3. The molecule has 3 aliphatic heterocycles. The minimum absolute atomic E-state index is 0. The molecule has 27 heteroatoms. The minimum atomic E-state index is -1.03. The number of amides is 3. The first-order valence-electron chi connectivity index (χ1n) is 35.9. The topological polar surface area (TPSA) is 236 Å². The van der Waals surface area contributed by atoms with Crippen LogP contribution >= 0.6 is 120 Å². The molecular weight excluding hydrogens is 1640 g/mol. The largest absolute Gasteiger partial charge is 1.00 e. The third kappa shape index (κ3) is 22.4. The van der Waals surface area contributed by atoms with Gasteiger partial charge < -0.3 is 37.1 Å². The van der Waals surface area contributed by atoms with E-state index in [-0.39, 0.29) is 91.9 Å². The number of carbonyl (C=O) groups is 6. The van der Waals surface area contributed by atoms with Gasteiger partial charge in [0, 0.05) is 59.3 Å². The Kier molecular flexibility index (Phi) is 30.8. The average molecular weight is 1730 g/mol. The molecule has 5 N–H and O–H groups in total.